The van der Waals surface area contributed by atoms with Crippen molar-refractivity contribution < 1.29 is 13.9 Å². The molecule has 3 aromatic rings. The molecule has 2 aromatic carbocycles. The molecule has 0 aliphatic carbocycles. The Bertz CT molecular complexity index is 991. The molecular formula is C23H28FN5O2. The number of benzene rings is 2. The number of imidazole rings is 1. The molecule has 0 bridgehead atoms. The van der Waals surface area contributed by atoms with Crippen molar-refractivity contribution in [2.75, 3.05) is 20.2 Å². The first kappa shape index (κ1) is 22.1. The van der Waals surface area contributed by atoms with Crippen molar-refractivity contribution in [3.8, 4) is 17.2 Å². The molecular weight excluding hydrogens is 397 g/mol. The van der Waals surface area contributed by atoms with Crippen LogP contribution in [0.3, 0.4) is 0 Å². The topological polar surface area (TPSA) is 72.7 Å². The van der Waals surface area contributed by atoms with E-state index in [-0.39, 0.29) is 11.9 Å². The van der Waals surface area contributed by atoms with Gasteiger partial charge in [0.2, 0.25) is 0 Å². The van der Waals surface area contributed by atoms with E-state index >= 15 is 0 Å². The van der Waals surface area contributed by atoms with Gasteiger partial charge in [0.15, 0.2) is 17.5 Å². The molecule has 0 fully saturated rings. The lowest BCUT2D eigenvalue weighted by Crippen LogP contribution is -2.41. The van der Waals surface area contributed by atoms with Crippen molar-refractivity contribution in [3.05, 3.63) is 72.6 Å². The monoisotopic (exact) mass is 425 g/mol. The standard InChI is InChI=1S/C23H28FN5O2/c1-4-26-23(27-14-17(2)31-22-8-6-5-7-21(22)30-3)28-15-18-9-10-20(19(24)13-18)29-12-11-25-16-29/h5-13,16-17H,4,14-15H2,1-3H3,(H2,26,27,28). The van der Waals surface area contributed by atoms with Crippen LogP contribution < -0.4 is 20.1 Å². The Hall–Kier alpha value is -3.55. The van der Waals surface area contributed by atoms with Crippen LogP contribution >= 0.6 is 0 Å². The Balaban J connectivity index is 1.59. The summed E-state index contributed by atoms with van der Waals surface area (Å²) in [5, 5.41) is 6.46. The first-order chi connectivity index (χ1) is 15.1. The van der Waals surface area contributed by atoms with E-state index in [0.717, 1.165) is 5.56 Å². The van der Waals surface area contributed by atoms with E-state index in [1.807, 2.05) is 44.2 Å². The maximum absolute atomic E-state index is 14.5. The smallest absolute Gasteiger partial charge is 0.191 e. The summed E-state index contributed by atoms with van der Waals surface area (Å²) in [5.74, 6) is 1.70. The largest absolute Gasteiger partial charge is 0.493 e. The maximum atomic E-state index is 14.5. The van der Waals surface area contributed by atoms with Crippen LogP contribution in [0.25, 0.3) is 5.69 Å². The van der Waals surface area contributed by atoms with Gasteiger partial charge < -0.3 is 24.7 Å². The molecule has 0 aliphatic heterocycles. The number of hydrogen-bond acceptors (Lipinski definition) is 4. The van der Waals surface area contributed by atoms with Gasteiger partial charge in [-0.15, -0.1) is 0 Å². The van der Waals surface area contributed by atoms with Crippen LogP contribution in [0.5, 0.6) is 11.5 Å². The lowest BCUT2D eigenvalue weighted by Gasteiger charge is -2.19. The molecule has 2 N–H and O–H groups in total. The van der Waals surface area contributed by atoms with Crippen LogP contribution in [0, 0.1) is 5.82 Å². The molecule has 8 heteroatoms. The fourth-order valence-electron chi connectivity index (χ4n) is 2.99. The van der Waals surface area contributed by atoms with E-state index in [1.165, 1.54) is 6.07 Å². The van der Waals surface area contributed by atoms with Crippen LogP contribution in [-0.4, -0.2) is 41.8 Å². The summed E-state index contributed by atoms with van der Waals surface area (Å²) in [6.07, 6.45) is 4.77. The molecule has 0 saturated carbocycles. The van der Waals surface area contributed by atoms with Crippen molar-refractivity contribution in [3.63, 3.8) is 0 Å². The average molecular weight is 426 g/mol. The summed E-state index contributed by atoms with van der Waals surface area (Å²) < 4.78 is 27.4. The number of halogens is 1. The predicted molar refractivity (Wildman–Crippen MR) is 119 cm³/mol. The maximum Gasteiger partial charge on any atom is 0.191 e. The van der Waals surface area contributed by atoms with E-state index in [4.69, 9.17) is 9.47 Å². The molecule has 0 spiro atoms. The van der Waals surface area contributed by atoms with Gasteiger partial charge >= 0.3 is 0 Å². The molecule has 7 nitrogen and oxygen atoms in total. The first-order valence-electron chi connectivity index (χ1n) is 10.2. The molecule has 1 unspecified atom stereocenters. The molecule has 1 aromatic heterocycles. The van der Waals surface area contributed by atoms with Crippen LogP contribution in [0.1, 0.15) is 19.4 Å². The molecule has 0 aliphatic rings. The predicted octanol–water partition coefficient (Wildman–Crippen LogP) is 3.54. The Kier molecular flexibility index (Phi) is 7.86. The molecule has 0 amide bonds. The molecule has 3 rings (SSSR count). The van der Waals surface area contributed by atoms with Gasteiger partial charge in [-0.05, 0) is 43.7 Å². The van der Waals surface area contributed by atoms with E-state index in [9.17, 15) is 4.39 Å². The van der Waals surface area contributed by atoms with E-state index in [0.29, 0.717) is 42.8 Å². The van der Waals surface area contributed by atoms with Crippen molar-refractivity contribution in [1.29, 1.82) is 0 Å². The SMILES string of the molecule is CCNC(=NCc1ccc(-n2ccnc2)c(F)c1)NCC(C)Oc1ccccc1OC. The summed E-state index contributed by atoms with van der Waals surface area (Å²) in [6.45, 7) is 5.55. The summed E-state index contributed by atoms with van der Waals surface area (Å²) in [4.78, 5) is 8.51. The molecule has 0 saturated heterocycles. The third-order valence-corrected chi connectivity index (χ3v) is 4.51. The highest BCUT2D eigenvalue weighted by Crippen LogP contribution is 2.26. The van der Waals surface area contributed by atoms with Gasteiger partial charge in [0.1, 0.15) is 11.9 Å². The minimum atomic E-state index is -0.317. The quantitative estimate of drug-likeness (QED) is 0.405. The Labute approximate surface area is 181 Å². The number of guanidine groups is 1. The van der Waals surface area contributed by atoms with Gasteiger partial charge in [0.05, 0.1) is 32.2 Å². The zero-order chi connectivity index (χ0) is 22.1. The number of methoxy groups -OCH3 is 1. The second-order valence-electron chi connectivity index (χ2n) is 6.91. The van der Waals surface area contributed by atoms with Crippen LogP contribution in [-0.2, 0) is 6.54 Å². The Morgan fingerprint density at radius 2 is 2.00 bits per heavy atom. The number of hydrogen-bond donors (Lipinski definition) is 2. The van der Waals surface area contributed by atoms with Crippen molar-refractivity contribution in [1.82, 2.24) is 20.2 Å². The number of nitrogens with one attached hydrogen (secondary N) is 2. The third kappa shape index (κ3) is 6.21. The number of aromatic nitrogens is 2. The van der Waals surface area contributed by atoms with E-state index < -0.39 is 0 Å². The van der Waals surface area contributed by atoms with Crippen LogP contribution in [0.2, 0.25) is 0 Å². The third-order valence-electron chi connectivity index (χ3n) is 4.51. The van der Waals surface area contributed by atoms with Crippen molar-refractivity contribution in [2.24, 2.45) is 4.99 Å². The molecule has 31 heavy (non-hydrogen) atoms. The van der Waals surface area contributed by atoms with Crippen molar-refractivity contribution >= 4 is 5.96 Å². The van der Waals surface area contributed by atoms with Gasteiger partial charge in [-0.1, -0.05) is 18.2 Å². The fraction of sp³-hybridized carbons (Fsp3) is 0.304. The molecule has 164 valence electrons. The molecule has 1 atom stereocenters. The number of rotatable bonds is 9. The average Bonchev–Trinajstić information content (AvgIpc) is 3.30. The minimum Gasteiger partial charge on any atom is -0.493 e. The highest BCUT2D eigenvalue weighted by Gasteiger charge is 2.10. The van der Waals surface area contributed by atoms with E-state index in [2.05, 4.69) is 20.6 Å². The highest BCUT2D eigenvalue weighted by atomic mass is 19.1. The Morgan fingerprint density at radius 3 is 2.68 bits per heavy atom. The van der Waals surface area contributed by atoms with Crippen LogP contribution in [0.15, 0.2) is 66.2 Å². The van der Waals surface area contributed by atoms with Gasteiger partial charge in [0.25, 0.3) is 0 Å². The van der Waals surface area contributed by atoms with Gasteiger partial charge in [-0.25, -0.2) is 14.4 Å². The molecule has 0 radical (unpaired) electrons. The number of aliphatic imine (C=N–C) groups is 1. The number of para-hydroxylation sites is 2. The fourth-order valence-corrected chi connectivity index (χ4v) is 2.99. The Morgan fingerprint density at radius 1 is 1.19 bits per heavy atom. The molecule has 1 heterocycles. The van der Waals surface area contributed by atoms with Gasteiger partial charge in [-0.2, -0.15) is 0 Å². The zero-order valence-electron chi connectivity index (χ0n) is 18.0. The normalized spacial score (nSPS) is 12.3. The summed E-state index contributed by atoms with van der Waals surface area (Å²) in [6, 6.07) is 12.6. The first-order valence-corrected chi connectivity index (χ1v) is 10.2. The van der Waals surface area contributed by atoms with Gasteiger partial charge in [0, 0.05) is 18.9 Å². The number of nitrogens with zero attached hydrogens (tertiary/aromatic N) is 3. The second kappa shape index (κ2) is 11.0. The minimum absolute atomic E-state index is 0.118. The number of ether oxygens (including phenoxy) is 2. The lowest BCUT2D eigenvalue weighted by molar-refractivity contribution is 0.213. The summed E-state index contributed by atoms with van der Waals surface area (Å²) >= 11 is 0. The van der Waals surface area contributed by atoms with Crippen LogP contribution in [0.4, 0.5) is 4.39 Å². The highest BCUT2D eigenvalue weighted by molar-refractivity contribution is 5.79. The zero-order valence-corrected chi connectivity index (χ0v) is 18.0. The second-order valence-corrected chi connectivity index (χ2v) is 6.91. The van der Waals surface area contributed by atoms with Crippen molar-refractivity contribution in [2.45, 2.75) is 26.5 Å². The van der Waals surface area contributed by atoms with Gasteiger partial charge in [-0.3, -0.25) is 0 Å². The lowest BCUT2D eigenvalue weighted by atomic mass is 10.2. The summed E-state index contributed by atoms with van der Waals surface area (Å²) in [7, 11) is 1.62. The summed E-state index contributed by atoms with van der Waals surface area (Å²) in [5.41, 5.74) is 1.23. The van der Waals surface area contributed by atoms with E-state index in [1.54, 1.807) is 36.5 Å².